The molecule has 20 heavy (non-hydrogen) atoms. The van der Waals surface area contributed by atoms with Crippen LogP contribution in [0.3, 0.4) is 0 Å². The summed E-state index contributed by atoms with van der Waals surface area (Å²) in [7, 11) is 0. The largest absolute Gasteiger partial charge is 0.346 e. The standard InChI is InChI=1S/C12H15N5O2S/c1-2-8-3-7(4-10(15-8)17-13)11(18)14-5-9-6-20-12(19)16-9/h3-4,6H,2,5,13H2,1H3,(H,14,18)(H,15,17)(H,16,19). The molecule has 0 aliphatic heterocycles. The first-order chi connectivity index (χ1) is 9.62. The average molecular weight is 293 g/mol. The number of hydrogen-bond donors (Lipinski definition) is 4. The predicted octanol–water partition coefficient (Wildman–Crippen LogP) is 0.609. The maximum absolute atomic E-state index is 12.1. The quantitative estimate of drug-likeness (QED) is 0.476. The minimum absolute atomic E-state index is 0.138. The van der Waals surface area contributed by atoms with Crippen LogP contribution in [0.2, 0.25) is 0 Å². The van der Waals surface area contributed by atoms with E-state index < -0.39 is 0 Å². The fourth-order valence-corrected chi connectivity index (χ4v) is 2.23. The fourth-order valence-electron chi connectivity index (χ4n) is 1.65. The first-order valence-electron chi connectivity index (χ1n) is 6.05. The van der Waals surface area contributed by atoms with E-state index in [1.54, 1.807) is 17.5 Å². The van der Waals surface area contributed by atoms with Gasteiger partial charge in [-0.05, 0) is 18.6 Å². The lowest BCUT2D eigenvalue weighted by atomic mass is 10.2. The van der Waals surface area contributed by atoms with Crippen molar-refractivity contribution in [2.75, 3.05) is 5.43 Å². The van der Waals surface area contributed by atoms with Crippen LogP contribution >= 0.6 is 11.3 Å². The molecule has 0 aliphatic rings. The van der Waals surface area contributed by atoms with E-state index in [2.05, 4.69) is 20.7 Å². The number of carbonyl (C=O) groups excluding carboxylic acids is 1. The first-order valence-corrected chi connectivity index (χ1v) is 6.92. The maximum atomic E-state index is 12.1. The Morgan fingerprint density at radius 2 is 2.30 bits per heavy atom. The Morgan fingerprint density at radius 3 is 2.90 bits per heavy atom. The number of nitrogens with one attached hydrogen (secondary N) is 3. The number of hydrogen-bond acceptors (Lipinski definition) is 6. The lowest BCUT2D eigenvalue weighted by molar-refractivity contribution is 0.0950. The summed E-state index contributed by atoms with van der Waals surface area (Å²) < 4.78 is 0. The van der Waals surface area contributed by atoms with Crippen LogP contribution in [0.25, 0.3) is 0 Å². The van der Waals surface area contributed by atoms with E-state index in [4.69, 9.17) is 5.84 Å². The number of anilines is 1. The molecule has 106 valence electrons. The van der Waals surface area contributed by atoms with Gasteiger partial charge in [0.05, 0.1) is 6.54 Å². The molecule has 0 radical (unpaired) electrons. The van der Waals surface area contributed by atoms with E-state index in [1.807, 2.05) is 6.92 Å². The molecule has 2 aromatic heterocycles. The molecular weight excluding hydrogens is 278 g/mol. The number of nitrogens with zero attached hydrogens (tertiary/aromatic N) is 1. The van der Waals surface area contributed by atoms with Crippen LogP contribution in [-0.4, -0.2) is 15.9 Å². The van der Waals surface area contributed by atoms with Crippen molar-refractivity contribution in [2.45, 2.75) is 19.9 Å². The molecule has 0 unspecified atom stereocenters. The van der Waals surface area contributed by atoms with Gasteiger partial charge in [-0.3, -0.25) is 9.59 Å². The molecule has 0 aromatic carbocycles. The Hall–Kier alpha value is -2.19. The molecule has 0 spiro atoms. The van der Waals surface area contributed by atoms with E-state index in [0.29, 0.717) is 23.5 Å². The summed E-state index contributed by atoms with van der Waals surface area (Å²) >= 11 is 1.07. The Bertz CT molecular complexity index is 642. The summed E-state index contributed by atoms with van der Waals surface area (Å²) in [6.45, 7) is 2.22. The predicted molar refractivity (Wildman–Crippen MR) is 77.5 cm³/mol. The smallest absolute Gasteiger partial charge is 0.304 e. The van der Waals surface area contributed by atoms with Crippen molar-refractivity contribution in [1.29, 1.82) is 0 Å². The summed E-state index contributed by atoms with van der Waals surface area (Å²) in [4.78, 5) is 29.8. The number of thiazole rings is 1. The highest BCUT2D eigenvalue weighted by molar-refractivity contribution is 7.07. The molecule has 8 heteroatoms. The Kier molecular flexibility index (Phi) is 4.49. The van der Waals surface area contributed by atoms with Gasteiger partial charge in [0.15, 0.2) is 0 Å². The van der Waals surface area contributed by atoms with Gasteiger partial charge in [-0.1, -0.05) is 18.3 Å². The molecule has 0 saturated carbocycles. The number of nitrogen functional groups attached to an aromatic ring is 1. The molecule has 0 fully saturated rings. The van der Waals surface area contributed by atoms with Gasteiger partial charge in [0.2, 0.25) is 0 Å². The summed E-state index contributed by atoms with van der Waals surface area (Å²) in [6.07, 6.45) is 0.702. The van der Waals surface area contributed by atoms with Crippen LogP contribution < -0.4 is 21.5 Å². The number of aromatic amines is 1. The first kappa shape index (κ1) is 14.2. The monoisotopic (exact) mass is 293 g/mol. The normalized spacial score (nSPS) is 10.3. The highest BCUT2D eigenvalue weighted by Gasteiger charge is 2.09. The Balaban J connectivity index is 2.10. The molecular formula is C12H15N5O2S. The van der Waals surface area contributed by atoms with Crippen LogP contribution in [0.4, 0.5) is 5.82 Å². The van der Waals surface area contributed by atoms with Crippen molar-refractivity contribution >= 4 is 23.1 Å². The molecule has 0 saturated heterocycles. The van der Waals surface area contributed by atoms with Gasteiger partial charge in [-0.15, -0.1) is 0 Å². The minimum Gasteiger partial charge on any atom is -0.346 e. The third kappa shape index (κ3) is 3.43. The van der Waals surface area contributed by atoms with Gasteiger partial charge in [-0.25, -0.2) is 10.8 Å². The van der Waals surface area contributed by atoms with Crippen molar-refractivity contribution in [3.63, 3.8) is 0 Å². The highest BCUT2D eigenvalue weighted by atomic mass is 32.1. The number of carbonyl (C=O) groups is 1. The highest BCUT2D eigenvalue weighted by Crippen LogP contribution is 2.10. The van der Waals surface area contributed by atoms with E-state index >= 15 is 0 Å². The van der Waals surface area contributed by atoms with E-state index in [0.717, 1.165) is 17.0 Å². The van der Waals surface area contributed by atoms with Gasteiger partial charge >= 0.3 is 4.87 Å². The third-order valence-corrected chi connectivity index (χ3v) is 3.38. The summed E-state index contributed by atoms with van der Waals surface area (Å²) in [5.74, 6) is 5.53. The number of hydrazine groups is 1. The van der Waals surface area contributed by atoms with E-state index in [1.165, 1.54) is 0 Å². The topological polar surface area (TPSA) is 113 Å². The number of H-pyrrole nitrogens is 1. The number of nitrogens with two attached hydrogens (primary N) is 1. The molecule has 2 heterocycles. The maximum Gasteiger partial charge on any atom is 0.304 e. The Labute approximate surface area is 119 Å². The molecule has 5 N–H and O–H groups in total. The minimum atomic E-state index is -0.245. The van der Waals surface area contributed by atoms with Gasteiger partial charge in [0.25, 0.3) is 5.91 Å². The van der Waals surface area contributed by atoms with E-state index in [9.17, 15) is 9.59 Å². The second-order valence-electron chi connectivity index (χ2n) is 4.09. The van der Waals surface area contributed by atoms with Crippen molar-refractivity contribution < 1.29 is 4.79 Å². The molecule has 1 amide bonds. The molecule has 0 atom stereocenters. The van der Waals surface area contributed by atoms with Gasteiger partial charge in [-0.2, -0.15) is 0 Å². The summed E-state index contributed by atoms with van der Waals surface area (Å²) in [6, 6.07) is 3.29. The average Bonchev–Trinajstić information content (AvgIpc) is 2.89. The third-order valence-electron chi connectivity index (χ3n) is 2.66. The lowest BCUT2D eigenvalue weighted by Crippen LogP contribution is -2.24. The summed E-state index contributed by atoms with van der Waals surface area (Å²) in [5, 5.41) is 4.41. The molecule has 2 rings (SSSR count). The zero-order valence-electron chi connectivity index (χ0n) is 10.9. The van der Waals surface area contributed by atoms with Crippen LogP contribution in [-0.2, 0) is 13.0 Å². The second-order valence-corrected chi connectivity index (χ2v) is 4.93. The molecule has 7 nitrogen and oxygen atoms in total. The van der Waals surface area contributed by atoms with Crippen molar-refractivity contribution in [3.05, 3.63) is 44.1 Å². The zero-order valence-corrected chi connectivity index (χ0v) is 11.7. The van der Waals surface area contributed by atoms with Crippen LogP contribution in [0, 0.1) is 0 Å². The molecule has 0 aliphatic carbocycles. The second kappa shape index (κ2) is 6.31. The van der Waals surface area contributed by atoms with Crippen molar-refractivity contribution in [3.8, 4) is 0 Å². The molecule has 0 bridgehead atoms. The van der Waals surface area contributed by atoms with Crippen LogP contribution in [0.5, 0.6) is 0 Å². The van der Waals surface area contributed by atoms with Gasteiger partial charge in [0.1, 0.15) is 5.82 Å². The van der Waals surface area contributed by atoms with Crippen LogP contribution in [0.1, 0.15) is 28.7 Å². The number of pyridine rings is 1. The van der Waals surface area contributed by atoms with Gasteiger partial charge < -0.3 is 15.7 Å². The van der Waals surface area contributed by atoms with E-state index in [-0.39, 0.29) is 17.3 Å². The SMILES string of the molecule is CCc1cc(C(=O)NCc2csc(=O)[nH]2)cc(NN)n1. The molecule has 2 aromatic rings. The zero-order chi connectivity index (χ0) is 14.5. The van der Waals surface area contributed by atoms with Crippen LogP contribution in [0.15, 0.2) is 22.3 Å². The number of aromatic nitrogens is 2. The lowest BCUT2D eigenvalue weighted by Gasteiger charge is -2.08. The van der Waals surface area contributed by atoms with Crippen molar-refractivity contribution in [2.24, 2.45) is 5.84 Å². The fraction of sp³-hybridized carbons (Fsp3) is 0.250. The number of amides is 1. The van der Waals surface area contributed by atoms with Crippen molar-refractivity contribution in [1.82, 2.24) is 15.3 Å². The summed E-state index contributed by atoms with van der Waals surface area (Å²) in [5.41, 5.74) is 4.36. The number of rotatable bonds is 5. The number of aryl methyl sites for hydroxylation is 1. The van der Waals surface area contributed by atoms with Gasteiger partial charge in [0, 0.05) is 22.3 Å². The Morgan fingerprint density at radius 1 is 1.50 bits per heavy atom.